The van der Waals surface area contributed by atoms with Crippen molar-refractivity contribution in [3.05, 3.63) is 41.5 Å². The van der Waals surface area contributed by atoms with Gasteiger partial charge in [0.15, 0.2) is 5.78 Å². The molecule has 9 atom stereocenters. The van der Waals surface area contributed by atoms with Crippen molar-refractivity contribution in [3.63, 3.8) is 0 Å². The molecule has 5 aliphatic rings. The van der Waals surface area contributed by atoms with E-state index < -0.39 is 5.97 Å². The first kappa shape index (κ1) is 27.2. The van der Waals surface area contributed by atoms with Gasteiger partial charge in [-0.05, 0) is 133 Å². The fraction of sp³-hybridized carbons (Fsp3) is 0.714. The molecule has 0 spiro atoms. The van der Waals surface area contributed by atoms with Crippen LogP contribution in [-0.4, -0.2) is 22.4 Å². The summed E-state index contributed by atoms with van der Waals surface area (Å²) < 4.78 is 0. The Bertz CT molecular complexity index is 1210. The van der Waals surface area contributed by atoms with Crippen LogP contribution in [0.25, 0.3) is 5.57 Å². The molecule has 0 heterocycles. The van der Waals surface area contributed by atoms with Gasteiger partial charge in [-0.3, -0.25) is 4.79 Å². The molecule has 5 unspecified atom stereocenters. The normalized spacial score (nSPS) is 44.6. The lowest BCUT2D eigenvalue weighted by molar-refractivity contribution is -0.181. The van der Waals surface area contributed by atoms with Gasteiger partial charge in [0, 0.05) is 11.0 Å². The lowest BCUT2D eigenvalue weighted by Crippen LogP contribution is -2.65. The number of nitrogens with two attached hydrogens (primary N) is 1. The summed E-state index contributed by atoms with van der Waals surface area (Å²) in [5.41, 5.74) is 9.20. The van der Waals surface area contributed by atoms with Crippen LogP contribution in [0.5, 0.6) is 0 Å². The Hall–Kier alpha value is -1.94. The molecule has 0 saturated heterocycles. The first-order chi connectivity index (χ1) is 18.2. The van der Waals surface area contributed by atoms with E-state index in [9.17, 15) is 14.7 Å². The average Bonchev–Trinajstić information content (AvgIpc) is 3.24. The smallest absolute Gasteiger partial charge is 0.335 e. The van der Waals surface area contributed by atoms with Crippen molar-refractivity contribution >= 4 is 17.3 Å². The number of ketones is 1. The maximum absolute atomic E-state index is 14.3. The van der Waals surface area contributed by atoms with Crippen LogP contribution in [0.15, 0.2) is 30.3 Å². The summed E-state index contributed by atoms with van der Waals surface area (Å²) >= 11 is 0. The Kier molecular flexibility index (Phi) is 6.13. The van der Waals surface area contributed by atoms with Gasteiger partial charge in [-0.15, -0.1) is 0 Å². The molecular weight excluding hydrogens is 482 g/mol. The van der Waals surface area contributed by atoms with E-state index in [4.69, 9.17) is 5.73 Å². The Labute approximate surface area is 235 Å². The first-order valence-electron chi connectivity index (χ1n) is 15.6. The molecule has 1 aromatic carbocycles. The molecule has 0 amide bonds. The van der Waals surface area contributed by atoms with Crippen LogP contribution in [0.4, 0.5) is 0 Å². The lowest BCUT2D eigenvalue weighted by atomic mass is 9.36. The molecule has 0 aromatic heterocycles. The van der Waals surface area contributed by atoms with Gasteiger partial charge in [-0.1, -0.05) is 53.7 Å². The lowest BCUT2D eigenvalue weighted by Gasteiger charge is -2.67. The summed E-state index contributed by atoms with van der Waals surface area (Å²) in [5, 5.41) is 9.37. The van der Waals surface area contributed by atoms with E-state index in [2.05, 4.69) is 41.5 Å². The van der Waals surface area contributed by atoms with Gasteiger partial charge in [-0.2, -0.15) is 0 Å². The zero-order valence-corrected chi connectivity index (χ0v) is 24.9. The number of aromatic carboxylic acids is 1. The predicted molar refractivity (Wildman–Crippen MR) is 156 cm³/mol. The standard InChI is InChI=1S/C35H49NO3/c1-20(2)23-13-17-35(36)18-14-25-24(30(23)35)11-12-28-33(25,5)16-15-27-32(3,4)26(19-29(37)34(27,28)6)21-7-9-22(10-8-21)31(38)39/h7-10,19-20,23-25,27-28,30H,11-18,36H2,1-6H3,(H,38,39)/t23?,24-,25?,27?,28?,30?,33-,34-,35-/m0/s1. The van der Waals surface area contributed by atoms with Gasteiger partial charge < -0.3 is 10.8 Å². The van der Waals surface area contributed by atoms with E-state index in [1.165, 1.54) is 32.1 Å². The minimum absolute atomic E-state index is 0.0247. The molecule has 1 aromatic rings. The number of fused-ring (bicyclic) bond motifs is 7. The Morgan fingerprint density at radius 3 is 2.23 bits per heavy atom. The van der Waals surface area contributed by atoms with E-state index in [-0.39, 0.29) is 33.3 Å². The van der Waals surface area contributed by atoms with Crippen LogP contribution in [0.3, 0.4) is 0 Å². The van der Waals surface area contributed by atoms with E-state index in [0.717, 1.165) is 36.3 Å². The SMILES string of the molecule is CC(C)C1CC[C@]2(N)CCC3[C@H](CCC4[C@@]3(C)CCC3C(C)(C)C(c5ccc(C(=O)O)cc5)=CC(=O)[C@@]34C)C12. The number of hydrogen-bond acceptors (Lipinski definition) is 3. The number of benzene rings is 1. The second-order valence-electron chi connectivity index (χ2n) is 15.6. The van der Waals surface area contributed by atoms with Crippen LogP contribution >= 0.6 is 0 Å². The molecule has 4 saturated carbocycles. The van der Waals surface area contributed by atoms with Crippen molar-refractivity contribution in [2.75, 3.05) is 0 Å². The second-order valence-corrected chi connectivity index (χ2v) is 15.6. The monoisotopic (exact) mass is 531 g/mol. The number of carbonyl (C=O) groups excluding carboxylic acids is 1. The van der Waals surface area contributed by atoms with E-state index in [0.29, 0.717) is 35.4 Å². The van der Waals surface area contributed by atoms with Crippen LogP contribution in [0.2, 0.25) is 0 Å². The summed E-state index contributed by atoms with van der Waals surface area (Å²) in [6.45, 7) is 14.3. The highest BCUT2D eigenvalue weighted by Crippen LogP contribution is 2.72. The zero-order chi connectivity index (χ0) is 28.1. The number of hydrogen-bond donors (Lipinski definition) is 2. The molecule has 4 fully saturated rings. The second kappa shape index (κ2) is 8.78. The van der Waals surface area contributed by atoms with Gasteiger partial charge in [0.2, 0.25) is 0 Å². The van der Waals surface area contributed by atoms with Crippen molar-refractivity contribution < 1.29 is 14.7 Å². The zero-order valence-electron chi connectivity index (χ0n) is 24.9. The summed E-state index contributed by atoms with van der Waals surface area (Å²) in [4.78, 5) is 25.8. The third-order valence-corrected chi connectivity index (χ3v) is 13.5. The van der Waals surface area contributed by atoms with Gasteiger partial charge >= 0.3 is 5.97 Å². The highest BCUT2D eigenvalue weighted by molar-refractivity contribution is 6.04. The Morgan fingerprint density at radius 2 is 1.59 bits per heavy atom. The molecule has 4 nitrogen and oxygen atoms in total. The molecule has 4 heteroatoms. The summed E-state index contributed by atoms with van der Waals surface area (Å²) in [6.07, 6.45) is 11.4. The van der Waals surface area contributed by atoms with Gasteiger partial charge in [0.05, 0.1) is 5.56 Å². The highest BCUT2D eigenvalue weighted by Gasteiger charge is 2.68. The van der Waals surface area contributed by atoms with Gasteiger partial charge in [0.1, 0.15) is 0 Å². The first-order valence-corrected chi connectivity index (χ1v) is 15.6. The molecule has 3 N–H and O–H groups in total. The summed E-state index contributed by atoms with van der Waals surface area (Å²) in [6, 6.07) is 7.11. The molecule has 6 rings (SSSR count). The fourth-order valence-corrected chi connectivity index (χ4v) is 11.7. The van der Waals surface area contributed by atoms with Crippen molar-refractivity contribution in [2.24, 2.45) is 63.4 Å². The topological polar surface area (TPSA) is 80.4 Å². The molecule has 5 aliphatic carbocycles. The average molecular weight is 532 g/mol. The minimum atomic E-state index is -0.920. The maximum Gasteiger partial charge on any atom is 0.335 e. The molecule has 0 aliphatic heterocycles. The maximum atomic E-state index is 14.3. The van der Waals surface area contributed by atoms with Crippen LogP contribution in [-0.2, 0) is 4.79 Å². The van der Waals surface area contributed by atoms with Crippen LogP contribution < -0.4 is 5.73 Å². The number of carbonyl (C=O) groups is 2. The van der Waals surface area contributed by atoms with Crippen molar-refractivity contribution in [1.29, 1.82) is 0 Å². The number of rotatable bonds is 3. The summed E-state index contributed by atoms with van der Waals surface area (Å²) in [7, 11) is 0. The Morgan fingerprint density at radius 1 is 0.923 bits per heavy atom. The quantitative estimate of drug-likeness (QED) is 0.420. The van der Waals surface area contributed by atoms with E-state index in [1.807, 2.05) is 18.2 Å². The predicted octanol–water partition coefficient (Wildman–Crippen LogP) is 7.62. The molecular formula is C35H49NO3. The summed E-state index contributed by atoms with van der Waals surface area (Å²) in [5.74, 6) is 3.48. The fourth-order valence-electron chi connectivity index (χ4n) is 11.7. The van der Waals surface area contributed by atoms with Crippen molar-refractivity contribution in [2.45, 2.75) is 98.4 Å². The third-order valence-electron chi connectivity index (χ3n) is 13.5. The molecule has 0 radical (unpaired) electrons. The number of carboxylic acid groups (broad SMARTS) is 1. The van der Waals surface area contributed by atoms with Gasteiger partial charge in [-0.25, -0.2) is 4.79 Å². The van der Waals surface area contributed by atoms with E-state index in [1.54, 1.807) is 12.1 Å². The largest absolute Gasteiger partial charge is 0.478 e. The van der Waals surface area contributed by atoms with Crippen molar-refractivity contribution in [1.82, 2.24) is 0 Å². The van der Waals surface area contributed by atoms with Crippen LogP contribution in [0, 0.1) is 57.7 Å². The van der Waals surface area contributed by atoms with E-state index >= 15 is 0 Å². The molecule has 212 valence electrons. The minimum Gasteiger partial charge on any atom is -0.478 e. The van der Waals surface area contributed by atoms with Crippen LogP contribution in [0.1, 0.15) is 109 Å². The van der Waals surface area contributed by atoms with Gasteiger partial charge in [0.25, 0.3) is 0 Å². The third kappa shape index (κ3) is 3.65. The van der Waals surface area contributed by atoms with Crippen molar-refractivity contribution in [3.8, 4) is 0 Å². The molecule has 0 bridgehead atoms. The molecule has 39 heavy (non-hydrogen) atoms. The Balaban J connectivity index is 1.36. The number of carboxylic acids is 1. The number of allylic oxidation sites excluding steroid dienone is 2. The highest BCUT2D eigenvalue weighted by atomic mass is 16.4.